The smallest absolute Gasteiger partial charge is 0.0691 e. The molecule has 2 rings (SSSR count). The second-order valence-electron chi connectivity index (χ2n) is 6.20. The molecule has 2 aliphatic heterocycles. The minimum Gasteiger partial charge on any atom is -0.0917 e. The third-order valence-corrected chi connectivity index (χ3v) is 9.14. The molecular formula is C18H28Si. The predicted molar refractivity (Wildman–Crippen MR) is 89.2 cm³/mol. The fraction of sp³-hybridized carbons (Fsp3) is 0.556. The van der Waals surface area contributed by atoms with Crippen LogP contribution in [0.5, 0.6) is 0 Å². The molecule has 0 radical (unpaired) electrons. The van der Waals surface area contributed by atoms with Gasteiger partial charge in [0, 0.05) is 0 Å². The summed E-state index contributed by atoms with van der Waals surface area (Å²) in [6.45, 7) is 4.24. The molecule has 0 saturated carbocycles. The first kappa shape index (κ1) is 14.6. The highest BCUT2D eigenvalue weighted by atomic mass is 28.3. The lowest BCUT2D eigenvalue weighted by molar-refractivity contribution is 0.966. The molecule has 0 aromatic rings. The van der Waals surface area contributed by atoms with Crippen LogP contribution in [0.15, 0.2) is 47.6 Å². The van der Waals surface area contributed by atoms with Crippen molar-refractivity contribution in [3.05, 3.63) is 47.6 Å². The summed E-state index contributed by atoms with van der Waals surface area (Å²) >= 11 is 0. The van der Waals surface area contributed by atoms with Crippen molar-refractivity contribution in [2.45, 2.75) is 63.7 Å². The Morgan fingerprint density at radius 3 is 1.79 bits per heavy atom. The third kappa shape index (κ3) is 4.07. The van der Waals surface area contributed by atoms with Gasteiger partial charge in [0.15, 0.2) is 0 Å². The Bertz CT molecular complexity index is 369. The van der Waals surface area contributed by atoms with Crippen molar-refractivity contribution in [2.24, 2.45) is 0 Å². The second kappa shape index (κ2) is 7.09. The first-order valence-electron chi connectivity index (χ1n) is 7.86. The van der Waals surface area contributed by atoms with Gasteiger partial charge in [-0.15, -0.1) is 0 Å². The van der Waals surface area contributed by atoms with E-state index in [4.69, 9.17) is 0 Å². The molecule has 0 saturated heterocycles. The topological polar surface area (TPSA) is 0 Å². The third-order valence-electron chi connectivity index (χ3n) is 4.59. The maximum absolute atomic E-state index is 2.60. The Morgan fingerprint density at radius 1 is 0.895 bits per heavy atom. The summed E-state index contributed by atoms with van der Waals surface area (Å²) in [5, 5.41) is 0. The Labute approximate surface area is 120 Å². The summed E-state index contributed by atoms with van der Waals surface area (Å²) < 4.78 is 0. The summed E-state index contributed by atoms with van der Waals surface area (Å²) in [4.78, 5) is 0. The molecule has 104 valence electrons. The van der Waals surface area contributed by atoms with E-state index in [0.29, 0.717) is 0 Å². The quantitative estimate of drug-likeness (QED) is 0.409. The highest BCUT2D eigenvalue weighted by Gasteiger charge is 2.39. The molecule has 0 fully saturated rings. The first-order chi connectivity index (χ1) is 9.28. The fourth-order valence-electron chi connectivity index (χ4n) is 3.52. The molecule has 0 bridgehead atoms. The predicted octanol–water partition coefficient (Wildman–Crippen LogP) is 6.03. The van der Waals surface area contributed by atoms with E-state index >= 15 is 0 Å². The molecule has 2 aliphatic rings. The summed E-state index contributed by atoms with van der Waals surface area (Å²) in [6, 6.07) is 5.91. The van der Waals surface area contributed by atoms with E-state index < -0.39 is 8.07 Å². The standard InChI is InChI=1S/C18H28Si/c1-3-5-7-9-17-11-13-19(15-17)14-12-18(16-19)10-8-6-4-2/h3-6,11-12H,7-10,13-16H2,1-2H3/b5-3-,6-4-. The van der Waals surface area contributed by atoms with E-state index in [2.05, 4.69) is 50.3 Å². The molecule has 0 aromatic heterocycles. The SMILES string of the molecule is C/C=C\CCC1=CC[Si]2(CC=C(CC/C=C\C)C2)C1. The van der Waals surface area contributed by atoms with E-state index in [1.807, 2.05) is 0 Å². The van der Waals surface area contributed by atoms with Crippen molar-refractivity contribution >= 4 is 8.07 Å². The van der Waals surface area contributed by atoms with Crippen LogP contribution >= 0.6 is 0 Å². The number of rotatable bonds is 6. The Kier molecular flexibility index (Phi) is 5.44. The number of hydrogen-bond acceptors (Lipinski definition) is 0. The zero-order valence-electron chi connectivity index (χ0n) is 12.6. The summed E-state index contributed by atoms with van der Waals surface area (Å²) in [7, 11) is -0.949. The van der Waals surface area contributed by atoms with Crippen LogP contribution in [0.25, 0.3) is 0 Å². The average molecular weight is 273 g/mol. The Morgan fingerprint density at radius 2 is 1.37 bits per heavy atom. The van der Waals surface area contributed by atoms with Crippen LogP contribution in [0.2, 0.25) is 24.2 Å². The van der Waals surface area contributed by atoms with Crippen LogP contribution in [-0.2, 0) is 0 Å². The largest absolute Gasteiger partial charge is 0.0917 e. The van der Waals surface area contributed by atoms with E-state index in [0.717, 1.165) is 0 Å². The molecule has 0 unspecified atom stereocenters. The van der Waals surface area contributed by atoms with Crippen LogP contribution in [-0.4, -0.2) is 8.07 Å². The molecule has 19 heavy (non-hydrogen) atoms. The van der Waals surface area contributed by atoms with Gasteiger partial charge in [0.1, 0.15) is 0 Å². The first-order valence-corrected chi connectivity index (χ1v) is 10.7. The molecule has 2 heterocycles. The molecule has 1 heteroatoms. The van der Waals surface area contributed by atoms with Gasteiger partial charge < -0.3 is 0 Å². The number of hydrogen-bond donors (Lipinski definition) is 0. The van der Waals surface area contributed by atoms with Crippen LogP contribution in [0.4, 0.5) is 0 Å². The van der Waals surface area contributed by atoms with Crippen molar-refractivity contribution in [3.8, 4) is 0 Å². The average Bonchev–Trinajstić information content (AvgIpc) is 2.99. The van der Waals surface area contributed by atoms with E-state index in [1.54, 1.807) is 11.1 Å². The van der Waals surface area contributed by atoms with Gasteiger partial charge in [0.05, 0.1) is 8.07 Å². The zero-order valence-corrected chi connectivity index (χ0v) is 13.6. The lowest BCUT2D eigenvalue weighted by Gasteiger charge is -2.21. The second-order valence-corrected chi connectivity index (χ2v) is 10.7. The molecule has 0 N–H and O–H groups in total. The van der Waals surface area contributed by atoms with Crippen molar-refractivity contribution in [3.63, 3.8) is 0 Å². The van der Waals surface area contributed by atoms with Crippen molar-refractivity contribution in [1.29, 1.82) is 0 Å². The normalized spacial score (nSPS) is 21.8. The van der Waals surface area contributed by atoms with Crippen LogP contribution < -0.4 is 0 Å². The summed E-state index contributed by atoms with van der Waals surface area (Å²) in [6.07, 6.45) is 19.3. The lowest BCUT2D eigenvalue weighted by Crippen LogP contribution is -2.26. The highest BCUT2D eigenvalue weighted by Crippen LogP contribution is 2.44. The minimum atomic E-state index is -0.949. The van der Waals surface area contributed by atoms with Crippen molar-refractivity contribution < 1.29 is 0 Å². The van der Waals surface area contributed by atoms with E-state index in [-0.39, 0.29) is 0 Å². The lowest BCUT2D eigenvalue weighted by atomic mass is 10.1. The zero-order chi connectivity index (χ0) is 13.6. The van der Waals surface area contributed by atoms with Crippen LogP contribution in [0.1, 0.15) is 39.5 Å². The highest BCUT2D eigenvalue weighted by molar-refractivity contribution is 6.83. The Hall–Kier alpha value is -0.823. The van der Waals surface area contributed by atoms with Gasteiger partial charge in [-0.25, -0.2) is 0 Å². The van der Waals surface area contributed by atoms with Gasteiger partial charge in [-0.1, -0.05) is 47.6 Å². The molecule has 0 atom stereocenters. The minimum absolute atomic E-state index is 0.949. The van der Waals surface area contributed by atoms with Crippen LogP contribution in [0.3, 0.4) is 0 Å². The molecule has 0 aliphatic carbocycles. The molecular weight excluding hydrogens is 244 g/mol. The van der Waals surface area contributed by atoms with Crippen molar-refractivity contribution in [1.82, 2.24) is 0 Å². The van der Waals surface area contributed by atoms with E-state index in [9.17, 15) is 0 Å². The number of allylic oxidation sites excluding steroid dienone is 8. The fourth-order valence-corrected chi connectivity index (χ4v) is 8.40. The van der Waals surface area contributed by atoms with Crippen molar-refractivity contribution in [2.75, 3.05) is 0 Å². The van der Waals surface area contributed by atoms with Gasteiger partial charge in [0.2, 0.25) is 0 Å². The van der Waals surface area contributed by atoms with Gasteiger partial charge in [0.25, 0.3) is 0 Å². The Balaban J connectivity index is 1.76. The van der Waals surface area contributed by atoms with Gasteiger partial charge in [-0.05, 0) is 63.7 Å². The maximum atomic E-state index is 2.60. The van der Waals surface area contributed by atoms with Gasteiger partial charge >= 0.3 is 0 Å². The molecule has 0 aromatic carbocycles. The summed E-state index contributed by atoms with van der Waals surface area (Å²) in [5.74, 6) is 0. The van der Waals surface area contributed by atoms with E-state index in [1.165, 1.54) is 49.9 Å². The molecule has 1 spiro atoms. The monoisotopic (exact) mass is 272 g/mol. The molecule has 0 amide bonds. The van der Waals surface area contributed by atoms with Gasteiger partial charge in [-0.2, -0.15) is 0 Å². The summed E-state index contributed by atoms with van der Waals surface area (Å²) in [5.41, 5.74) is 3.54. The maximum Gasteiger partial charge on any atom is 0.0691 e. The molecule has 0 nitrogen and oxygen atoms in total. The van der Waals surface area contributed by atoms with Gasteiger partial charge in [-0.3, -0.25) is 0 Å². The van der Waals surface area contributed by atoms with Crippen LogP contribution in [0, 0.1) is 0 Å².